The first kappa shape index (κ1) is 20.8. The van der Waals surface area contributed by atoms with Crippen molar-refractivity contribution in [2.45, 2.75) is 51.4 Å². The molecule has 29 heavy (non-hydrogen) atoms. The summed E-state index contributed by atoms with van der Waals surface area (Å²) in [6.07, 6.45) is 2.10. The number of benzene rings is 3. The molecule has 0 spiro atoms. The van der Waals surface area contributed by atoms with Gasteiger partial charge in [0.15, 0.2) is 0 Å². The molecule has 3 heteroatoms. The van der Waals surface area contributed by atoms with Gasteiger partial charge in [-0.05, 0) is 54.0 Å². The van der Waals surface area contributed by atoms with Gasteiger partial charge in [0, 0.05) is 11.0 Å². The largest absolute Gasteiger partial charge is 0.508 e. The minimum atomic E-state index is -0.308. The molecule has 0 saturated carbocycles. The highest BCUT2D eigenvalue weighted by Crippen LogP contribution is 2.41. The molecular weight excluding hydrogens is 360 g/mol. The Morgan fingerprint density at radius 3 is 2.07 bits per heavy atom. The van der Waals surface area contributed by atoms with Crippen molar-refractivity contribution in [1.82, 2.24) is 0 Å². The summed E-state index contributed by atoms with van der Waals surface area (Å²) in [6, 6.07) is 20.7. The standard InChI is InChI=1S/C26H30O3/c1-4-26(3,17-20-10-5-7-14-23(20)27)22-13-9-11-19(25(22)29)16-18(2)21-12-6-8-15-24(21)28/h5-15,18,27-29H,4,16-17H2,1-3H3. The Morgan fingerprint density at radius 1 is 0.793 bits per heavy atom. The van der Waals surface area contributed by atoms with Crippen molar-refractivity contribution in [3.05, 3.63) is 89.0 Å². The second-order valence-corrected chi connectivity index (χ2v) is 8.20. The fourth-order valence-electron chi connectivity index (χ4n) is 4.08. The smallest absolute Gasteiger partial charge is 0.122 e. The Balaban J connectivity index is 1.92. The molecule has 0 aliphatic rings. The number of aromatic hydroxyl groups is 3. The summed E-state index contributed by atoms with van der Waals surface area (Å²) >= 11 is 0. The molecule has 0 aliphatic carbocycles. The predicted molar refractivity (Wildman–Crippen MR) is 118 cm³/mol. The lowest BCUT2D eigenvalue weighted by Crippen LogP contribution is -2.24. The zero-order chi connectivity index (χ0) is 21.0. The van der Waals surface area contributed by atoms with E-state index in [9.17, 15) is 15.3 Å². The lowest BCUT2D eigenvalue weighted by atomic mass is 9.74. The normalized spacial score (nSPS) is 14.3. The van der Waals surface area contributed by atoms with Crippen molar-refractivity contribution >= 4 is 0 Å². The molecular formula is C26H30O3. The van der Waals surface area contributed by atoms with Gasteiger partial charge in [0.2, 0.25) is 0 Å². The van der Waals surface area contributed by atoms with Gasteiger partial charge in [0.25, 0.3) is 0 Å². The molecule has 0 fully saturated rings. The summed E-state index contributed by atoms with van der Waals surface area (Å²) in [5.41, 5.74) is 3.21. The summed E-state index contributed by atoms with van der Waals surface area (Å²) in [7, 11) is 0. The quantitative estimate of drug-likeness (QED) is 0.459. The van der Waals surface area contributed by atoms with Crippen LogP contribution in [0.25, 0.3) is 0 Å². The first-order valence-corrected chi connectivity index (χ1v) is 10.2. The number of phenolic OH excluding ortho intramolecular Hbond substituents is 3. The molecule has 3 rings (SSSR count). The van der Waals surface area contributed by atoms with Gasteiger partial charge in [-0.3, -0.25) is 0 Å². The van der Waals surface area contributed by atoms with E-state index in [0.29, 0.717) is 18.6 Å². The molecule has 0 saturated heterocycles. The molecule has 3 aromatic rings. The van der Waals surface area contributed by atoms with Crippen LogP contribution in [0.5, 0.6) is 17.2 Å². The second-order valence-electron chi connectivity index (χ2n) is 8.20. The number of rotatable bonds is 7. The van der Waals surface area contributed by atoms with E-state index in [1.165, 1.54) is 0 Å². The zero-order valence-corrected chi connectivity index (χ0v) is 17.4. The van der Waals surface area contributed by atoms with Gasteiger partial charge in [-0.1, -0.05) is 75.4 Å². The third-order valence-electron chi connectivity index (χ3n) is 6.12. The third kappa shape index (κ3) is 4.40. The number of hydrogen-bond donors (Lipinski definition) is 3. The van der Waals surface area contributed by atoms with Crippen molar-refractivity contribution in [3.63, 3.8) is 0 Å². The lowest BCUT2D eigenvalue weighted by molar-refractivity contribution is 0.392. The number of hydrogen-bond acceptors (Lipinski definition) is 3. The van der Waals surface area contributed by atoms with Crippen LogP contribution in [-0.2, 0) is 18.3 Å². The molecule has 152 valence electrons. The van der Waals surface area contributed by atoms with Gasteiger partial charge in [0.1, 0.15) is 17.2 Å². The van der Waals surface area contributed by atoms with E-state index in [4.69, 9.17) is 0 Å². The van der Waals surface area contributed by atoms with Gasteiger partial charge in [0.05, 0.1) is 0 Å². The van der Waals surface area contributed by atoms with Crippen molar-refractivity contribution < 1.29 is 15.3 Å². The first-order valence-electron chi connectivity index (χ1n) is 10.2. The fourth-order valence-corrected chi connectivity index (χ4v) is 4.08. The van der Waals surface area contributed by atoms with Crippen LogP contribution >= 0.6 is 0 Å². The van der Waals surface area contributed by atoms with Crippen LogP contribution in [0.15, 0.2) is 66.7 Å². The molecule has 3 N–H and O–H groups in total. The Labute approximate surface area is 173 Å². The molecule has 2 atom stereocenters. The first-order chi connectivity index (χ1) is 13.9. The third-order valence-corrected chi connectivity index (χ3v) is 6.12. The summed E-state index contributed by atoms with van der Waals surface area (Å²) in [4.78, 5) is 0. The monoisotopic (exact) mass is 390 g/mol. The van der Waals surface area contributed by atoms with Gasteiger partial charge in [-0.2, -0.15) is 0 Å². The van der Waals surface area contributed by atoms with Crippen LogP contribution in [0.4, 0.5) is 0 Å². The zero-order valence-electron chi connectivity index (χ0n) is 17.4. The molecule has 0 aliphatic heterocycles. The Bertz CT molecular complexity index is 979. The minimum absolute atomic E-state index is 0.0726. The molecule has 0 aromatic heterocycles. The van der Waals surface area contributed by atoms with E-state index >= 15 is 0 Å². The minimum Gasteiger partial charge on any atom is -0.508 e. The average molecular weight is 391 g/mol. The van der Waals surface area contributed by atoms with Gasteiger partial charge < -0.3 is 15.3 Å². The van der Waals surface area contributed by atoms with Crippen LogP contribution in [0.3, 0.4) is 0 Å². The Hall–Kier alpha value is -2.94. The summed E-state index contributed by atoms with van der Waals surface area (Å²) < 4.78 is 0. The molecule has 2 unspecified atom stereocenters. The van der Waals surface area contributed by atoms with E-state index in [1.54, 1.807) is 12.1 Å². The van der Waals surface area contributed by atoms with Crippen molar-refractivity contribution in [2.24, 2.45) is 0 Å². The molecule has 0 heterocycles. The fraction of sp³-hybridized carbons (Fsp3) is 0.308. The van der Waals surface area contributed by atoms with Gasteiger partial charge >= 0.3 is 0 Å². The van der Waals surface area contributed by atoms with Crippen LogP contribution in [0.2, 0.25) is 0 Å². The highest BCUT2D eigenvalue weighted by atomic mass is 16.3. The number of phenols is 3. The Morgan fingerprint density at radius 2 is 1.41 bits per heavy atom. The van der Waals surface area contributed by atoms with E-state index in [0.717, 1.165) is 28.7 Å². The van der Waals surface area contributed by atoms with E-state index in [1.807, 2.05) is 54.6 Å². The van der Waals surface area contributed by atoms with E-state index in [-0.39, 0.29) is 22.8 Å². The average Bonchev–Trinajstić information content (AvgIpc) is 2.71. The SMILES string of the molecule is CCC(C)(Cc1ccccc1O)c1cccc(CC(C)c2ccccc2O)c1O. The van der Waals surface area contributed by atoms with Crippen molar-refractivity contribution in [2.75, 3.05) is 0 Å². The maximum absolute atomic E-state index is 11.1. The van der Waals surface area contributed by atoms with Crippen LogP contribution < -0.4 is 0 Å². The molecule has 3 aromatic carbocycles. The van der Waals surface area contributed by atoms with Crippen LogP contribution in [0.1, 0.15) is 55.4 Å². The molecule has 3 nitrogen and oxygen atoms in total. The van der Waals surface area contributed by atoms with Gasteiger partial charge in [-0.25, -0.2) is 0 Å². The topological polar surface area (TPSA) is 60.7 Å². The lowest BCUT2D eigenvalue weighted by Gasteiger charge is -2.31. The highest BCUT2D eigenvalue weighted by molar-refractivity contribution is 5.47. The van der Waals surface area contributed by atoms with Gasteiger partial charge in [-0.15, -0.1) is 0 Å². The van der Waals surface area contributed by atoms with Crippen molar-refractivity contribution in [3.8, 4) is 17.2 Å². The Kier molecular flexibility index (Phi) is 6.17. The highest BCUT2D eigenvalue weighted by Gasteiger charge is 2.30. The maximum Gasteiger partial charge on any atom is 0.122 e. The molecule has 0 bridgehead atoms. The second kappa shape index (κ2) is 8.60. The van der Waals surface area contributed by atoms with Crippen LogP contribution in [-0.4, -0.2) is 15.3 Å². The summed E-state index contributed by atoms with van der Waals surface area (Å²) in [5.74, 6) is 0.961. The molecule has 0 radical (unpaired) electrons. The van der Waals surface area contributed by atoms with E-state index < -0.39 is 0 Å². The molecule has 0 amide bonds. The van der Waals surface area contributed by atoms with Crippen LogP contribution in [0, 0.1) is 0 Å². The maximum atomic E-state index is 11.1. The number of para-hydroxylation sites is 3. The summed E-state index contributed by atoms with van der Waals surface area (Å²) in [5, 5.41) is 31.5. The summed E-state index contributed by atoms with van der Waals surface area (Å²) in [6.45, 7) is 6.30. The predicted octanol–water partition coefficient (Wildman–Crippen LogP) is 6.06. The van der Waals surface area contributed by atoms with Crippen molar-refractivity contribution in [1.29, 1.82) is 0 Å². The van der Waals surface area contributed by atoms with E-state index in [2.05, 4.69) is 20.8 Å².